The van der Waals surface area contributed by atoms with E-state index in [4.69, 9.17) is 10.1 Å². The number of nitrogens with zero attached hydrogens (tertiary/aromatic N) is 5. The van der Waals surface area contributed by atoms with Gasteiger partial charge in [0.05, 0.1) is 12.2 Å². The third-order valence-corrected chi connectivity index (χ3v) is 6.32. The average Bonchev–Trinajstić information content (AvgIpc) is 3.14. The highest BCUT2D eigenvalue weighted by Crippen LogP contribution is 2.33. The summed E-state index contributed by atoms with van der Waals surface area (Å²) in [7, 11) is 1.83. The van der Waals surface area contributed by atoms with E-state index >= 15 is 0 Å². The molecule has 6 heteroatoms. The van der Waals surface area contributed by atoms with Gasteiger partial charge in [-0.05, 0) is 50.3 Å². The number of anilines is 1. The van der Waals surface area contributed by atoms with Crippen LogP contribution >= 0.6 is 0 Å². The quantitative estimate of drug-likeness (QED) is 0.356. The third-order valence-electron chi connectivity index (χ3n) is 6.32. The molecule has 2 heterocycles. The van der Waals surface area contributed by atoms with Crippen molar-refractivity contribution in [1.29, 1.82) is 0 Å². The van der Waals surface area contributed by atoms with E-state index in [0.717, 1.165) is 53.9 Å². The van der Waals surface area contributed by atoms with E-state index in [1.807, 2.05) is 29.9 Å². The molecule has 34 heavy (non-hydrogen) atoms. The average molecular weight is 458 g/mol. The molecule has 0 bridgehead atoms. The summed E-state index contributed by atoms with van der Waals surface area (Å²) in [5.74, 6) is 0.689. The van der Waals surface area contributed by atoms with Gasteiger partial charge >= 0.3 is 0 Å². The van der Waals surface area contributed by atoms with Gasteiger partial charge in [-0.2, -0.15) is 10.1 Å². The molecule has 0 aliphatic carbocycles. The molecule has 0 saturated heterocycles. The number of benzene rings is 2. The summed E-state index contributed by atoms with van der Waals surface area (Å²) in [6.45, 7) is 12.9. The van der Waals surface area contributed by atoms with Crippen molar-refractivity contribution in [1.82, 2.24) is 19.3 Å². The van der Waals surface area contributed by atoms with Crippen LogP contribution in [-0.2, 0) is 13.6 Å². The van der Waals surface area contributed by atoms with Crippen molar-refractivity contribution in [3.8, 4) is 11.3 Å². The summed E-state index contributed by atoms with van der Waals surface area (Å²) in [5.41, 5.74) is 7.00. The number of fused-ring (bicyclic) bond motifs is 1. The Labute approximate surface area is 201 Å². The fraction of sp³-hybridized carbons (Fsp3) is 0.393. The van der Waals surface area contributed by atoms with E-state index in [1.165, 1.54) is 5.56 Å². The number of aromatic nitrogens is 4. The molecular formula is C28H35N5O. The van der Waals surface area contributed by atoms with Crippen LogP contribution in [0.15, 0.2) is 47.3 Å². The van der Waals surface area contributed by atoms with Gasteiger partial charge in [0.2, 0.25) is 5.95 Å². The zero-order valence-electron chi connectivity index (χ0n) is 21.2. The standard InChI is InChI=1S/C28H35N5O/c1-7-14-32(15-8-2)28-29-26-24(27(34)31(28)6)25(23-20(4)16-19(3)17-21(23)5)33(30-26)18-22-12-10-9-11-13-22/h9-13,16-17H,7-8,14-15,18H2,1-6H3. The van der Waals surface area contributed by atoms with Crippen molar-refractivity contribution >= 4 is 17.0 Å². The van der Waals surface area contributed by atoms with Gasteiger partial charge in [-0.1, -0.05) is 61.9 Å². The second kappa shape index (κ2) is 9.84. The van der Waals surface area contributed by atoms with Gasteiger partial charge in [0.25, 0.3) is 5.56 Å². The van der Waals surface area contributed by atoms with Crippen LogP contribution in [0.3, 0.4) is 0 Å². The molecular weight excluding hydrogens is 422 g/mol. The van der Waals surface area contributed by atoms with Gasteiger partial charge in [-0.3, -0.25) is 14.0 Å². The Morgan fingerprint density at radius 2 is 1.56 bits per heavy atom. The van der Waals surface area contributed by atoms with Crippen LogP contribution in [0, 0.1) is 20.8 Å². The molecule has 0 unspecified atom stereocenters. The van der Waals surface area contributed by atoms with Crippen molar-refractivity contribution < 1.29 is 0 Å². The number of rotatable bonds is 8. The van der Waals surface area contributed by atoms with Crippen LogP contribution < -0.4 is 10.5 Å². The van der Waals surface area contributed by atoms with Crippen molar-refractivity contribution in [2.24, 2.45) is 7.05 Å². The zero-order valence-corrected chi connectivity index (χ0v) is 21.2. The molecule has 178 valence electrons. The van der Waals surface area contributed by atoms with E-state index in [1.54, 1.807) is 4.57 Å². The van der Waals surface area contributed by atoms with E-state index in [-0.39, 0.29) is 5.56 Å². The lowest BCUT2D eigenvalue weighted by Crippen LogP contribution is -2.33. The van der Waals surface area contributed by atoms with Gasteiger partial charge in [0.15, 0.2) is 5.65 Å². The summed E-state index contributed by atoms with van der Waals surface area (Å²) < 4.78 is 3.66. The molecule has 0 saturated carbocycles. The number of aryl methyl sites for hydroxylation is 3. The van der Waals surface area contributed by atoms with Gasteiger partial charge in [0, 0.05) is 25.7 Å². The Balaban J connectivity index is 2.03. The third kappa shape index (κ3) is 4.37. The normalized spacial score (nSPS) is 11.4. The molecule has 2 aromatic carbocycles. The Bertz CT molecular complexity index is 1340. The maximum atomic E-state index is 13.9. The SMILES string of the molecule is CCCN(CCC)c1nc2nn(Cc3ccccc3)c(-c3c(C)cc(C)cc3C)c2c(=O)n1C. The lowest BCUT2D eigenvalue weighted by atomic mass is 9.96. The first-order chi connectivity index (χ1) is 16.3. The molecule has 2 aromatic heterocycles. The molecule has 0 amide bonds. The van der Waals surface area contributed by atoms with Crippen LogP contribution in [-0.4, -0.2) is 32.4 Å². The Kier molecular flexibility index (Phi) is 6.87. The second-order valence-electron chi connectivity index (χ2n) is 9.23. The summed E-state index contributed by atoms with van der Waals surface area (Å²) in [6.07, 6.45) is 1.98. The highest BCUT2D eigenvalue weighted by atomic mass is 16.1. The Hall–Kier alpha value is -3.41. The minimum atomic E-state index is -0.0501. The molecule has 0 atom stereocenters. The van der Waals surface area contributed by atoms with Crippen molar-refractivity contribution in [3.63, 3.8) is 0 Å². The summed E-state index contributed by atoms with van der Waals surface area (Å²) in [5, 5.41) is 5.51. The van der Waals surface area contributed by atoms with Gasteiger partial charge in [0.1, 0.15) is 5.39 Å². The molecule has 0 radical (unpaired) electrons. The fourth-order valence-corrected chi connectivity index (χ4v) is 4.97. The first-order valence-corrected chi connectivity index (χ1v) is 12.2. The smallest absolute Gasteiger partial charge is 0.266 e. The Morgan fingerprint density at radius 1 is 0.941 bits per heavy atom. The predicted octanol–water partition coefficient (Wildman–Crippen LogP) is 5.40. The summed E-state index contributed by atoms with van der Waals surface area (Å²) in [4.78, 5) is 21.0. The lowest BCUT2D eigenvalue weighted by molar-refractivity contribution is 0.681. The van der Waals surface area contributed by atoms with Crippen LogP contribution in [0.25, 0.3) is 22.3 Å². The van der Waals surface area contributed by atoms with Crippen LogP contribution in [0.4, 0.5) is 5.95 Å². The summed E-state index contributed by atoms with van der Waals surface area (Å²) in [6, 6.07) is 14.6. The molecule has 0 N–H and O–H groups in total. The van der Waals surface area contributed by atoms with Crippen LogP contribution in [0.5, 0.6) is 0 Å². The Morgan fingerprint density at radius 3 is 2.15 bits per heavy atom. The largest absolute Gasteiger partial charge is 0.342 e. The molecule has 4 rings (SSSR count). The highest BCUT2D eigenvalue weighted by Gasteiger charge is 2.24. The van der Waals surface area contributed by atoms with Crippen LogP contribution in [0.1, 0.15) is 48.9 Å². The molecule has 0 spiro atoms. The van der Waals surface area contributed by atoms with Crippen molar-refractivity contribution in [2.75, 3.05) is 18.0 Å². The van der Waals surface area contributed by atoms with Gasteiger partial charge in [-0.25, -0.2) is 0 Å². The minimum Gasteiger partial charge on any atom is -0.342 e. The lowest BCUT2D eigenvalue weighted by Gasteiger charge is -2.24. The molecule has 0 fully saturated rings. The van der Waals surface area contributed by atoms with Crippen molar-refractivity contribution in [2.45, 2.75) is 54.0 Å². The molecule has 0 aliphatic rings. The zero-order chi connectivity index (χ0) is 24.4. The van der Waals surface area contributed by atoms with Gasteiger partial charge < -0.3 is 4.90 Å². The van der Waals surface area contributed by atoms with E-state index in [9.17, 15) is 4.79 Å². The highest BCUT2D eigenvalue weighted by molar-refractivity contribution is 5.93. The van der Waals surface area contributed by atoms with E-state index in [2.05, 4.69) is 63.8 Å². The van der Waals surface area contributed by atoms with Crippen LogP contribution in [0.2, 0.25) is 0 Å². The number of hydrogen-bond donors (Lipinski definition) is 0. The second-order valence-corrected chi connectivity index (χ2v) is 9.23. The van der Waals surface area contributed by atoms with E-state index < -0.39 is 0 Å². The summed E-state index contributed by atoms with van der Waals surface area (Å²) >= 11 is 0. The maximum Gasteiger partial charge on any atom is 0.266 e. The first kappa shape index (κ1) is 23.7. The molecule has 0 aliphatic heterocycles. The minimum absolute atomic E-state index is 0.0501. The fourth-order valence-electron chi connectivity index (χ4n) is 4.97. The van der Waals surface area contributed by atoms with E-state index in [0.29, 0.717) is 23.5 Å². The maximum absolute atomic E-state index is 13.9. The van der Waals surface area contributed by atoms with Gasteiger partial charge in [-0.15, -0.1) is 0 Å². The molecule has 6 nitrogen and oxygen atoms in total. The monoisotopic (exact) mass is 457 g/mol. The first-order valence-electron chi connectivity index (χ1n) is 12.2. The topological polar surface area (TPSA) is 56.0 Å². The predicted molar refractivity (Wildman–Crippen MR) is 141 cm³/mol. The molecule has 4 aromatic rings. The number of hydrogen-bond acceptors (Lipinski definition) is 4. The van der Waals surface area contributed by atoms with Crippen molar-refractivity contribution in [3.05, 3.63) is 75.1 Å².